The van der Waals surface area contributed by atoms with Crippen LogP contribution in [0, 0.1) is 24.3 Å². The lowest BCUT2D eigenvalue weighted by atomic mass is 9.94. The van der Waals surface area contributed by atoms with Crippen LogP contribution in [0.15, 0.2) is 12.1 Å². The lowest BCUT2D eigenvalue weighted by molar-refractivity contribution is -0.130. The fourth-order valence-corrected chi connectivity index (χ4v) is 5.43. The first kappa shape index (κ1) is 22.3. The van der Waals surface area contributed by atoms with Gasteiger partial charge in [0.05, 0.1) is 0 Å². The fraction of sp³-hybridized carbons (Fsp3) is 0.462. The van der Waals surface area contributed by atoms with Crippen molar-refractivity contribution in [3.05, 3.63) is 46.3 Å². The van der Waals surface area contributed by atoms with E-state index in [1.807, 2.05) is 9.47 Å². The third-order valence-corrected chi connectivity index (χ3v) is 7.22. The number of carbonyl (C=O) groups excluding carboxylic acids is 1. The van der Waals surface area contributed by atoms with E-state index in [0.717, 1.165) is 68.6 Å². The van der Waals surface area contributed by atoms with Crippen molar-refractivity contribution in [1.82, 2.24) is 24.4 Å². The molecule has 3 aromatic rings. The monoisotopic (exact) mass is 460 g/mol. The zero-order valence-corrected chi connectivity index (χ0v) is 19.5. The number of likely N-dealkylation sites (tertiary alicyclic amines) is 1. The van der Waals surface area contributed by atoms with Gasteiger partial charge in [0.1, 0.15) is 5.82 Å². The summed E-state index contributed by atoms with van der Waals surface area (Å²) < 4.78 is 16.1. The van der Waals surface area contributed by atoms with Gasteiger partial charge in [0, 0.05) is 38.5 Å². The molecular weight excluding hydrogens is 431 g/mol. The molecule has 8 heteroatoms. The minimum absolute atomic E-state index is 0.0362. The van der Waals surface area contributed by atoms with Gasteiger partial charge in [0.25, 0.3) is 0 Å². The highest BCUT2D eigenvalue weighted by Crippen LogP contribution is 2.29. The van der Waals surface area contributed by atoms with Crippen LogP contribution in [0.25, 0.3) is 11.2 Å². The molecule has 1 fully saturated rings. The number of halogens is 1. The summed E-state index contributed by atoms with van der Waals surface area (Å²) in [4.78, 5) is 26.2. The Balaban J connectivity index is 1.49. The molecule has 2 aromatic heterocycles. The maximum absolute atomic E-state index is 14.1. The number of nitrogen functional groups attached to an aromatic ring is 1. The number of hydrogen-bond acceptors (Lipinski definition) is 5. The zero-order valence-electron chi connectivity index (χ0n) is 19.5. The largest absolute Gasteiger partial charge is 0.382 e. The Morgan fingerprint density at radius 3 is 2.79 bits per heavy atom. The van der Waals surface area contributed by atoms with Gasteiger partial charge >= 0.3 is 6.08 Å². The summed E-state index contributed by atoms with van der Waals surface area (Å²) in [5, 5.41) is 0. The van der Waals surface area contributed by atoms with Crippen LogP contribution in [0.1, 0.15) is 60.7 Å². The summed E-state index contributed by atoms with van der Waals surface area (Å²) in [6.07, 6.45) is 11.6. The standard InChI is InChI=1S/C26H29FN6O/c1-3-18-12-19-7-4-8-20(19)13-21(18)14-22-29-23-24(28)30-26(27)31-25(23)33(22)11-9-17-6-5-10-32(15-17)16(2)34/h1,12-13,17H,4-11,14-15H2,2H3,(H2,28,30,31). The molecule has 5 rings (SSSR count). The van der Waals surface area contributed by atoms with Gasteiger partial charge in [-0.15, -0.1) is 6.42 Å². The molecule has 2 aliphatic rings. The van der Waals surface area contributed by atoms with Crippen molar-refractivity contribution in [1.29, 1.82) is 0 Å². The number of anilines is 1. The van der Waals surface area contributed by atoms with Crippen LogP contribution in [-0.2, 0) is 30.6 Å². The predicted molar refractivity (Wildman–Crippen MR) is 128 cm³/mol. The average molecular weight is 461 g/mol. The average Bonchev–Trinajstić information content (AvgIpc) is 3.41. The van der Waals surface area contributed by atoms with Crippen molar-refractivity contribution in [3.8, 4) is 12.3 Å². The van der Waals surface area contributed by atoms with Gasteiger partial charge in [-0.3, -0.25) is 4.79 Å². The second-order valence-corrected chi connectivity index (χ2v) is 9.44. The summed E-state index contributed by atoms with van der Waals surface area (Å²) >= 11 is 0. The molecule has 1 aromatic carbocycles. The molecule has 1 atom stereocenters. The number of nitrogens with zero attached hydrogens (tertiary/aromatic N) is 5. The van der Waals surface area contributed by atoms with Gasteiger partial charge in [-0.2, -0.15) is 14.4 Å². The molecular formula is C26H29FN6O. The highest BCUT2D eigenvalue weighted by atomic mass is 19.1. The summed E-state index contributed by atoms with van der Waals surface area (Å²) in [5.41, 5.74) is 11.4. The van der Waals surface area contributed by atoms with E-state index >= 15 is 0 Å². The van der Waals surface area contributed by atoms with Gasteiger partial charge in [-0.25, -0.2) is 4.98 Å². The van der Waals surface area contributed by atoms with Crippen LogP contribution in [0.3, 0.4) is 0 Å². The normalized spacial score (nSPS) is 17.7. The van der Waals surface area contributed by atoms with E-state index in [1.54, 1.807) is 6.92 Å². The minimum atomic E-state index is -0.861. The SMILES string of the molecule is C#Cc1cc2c(cc1Cc1nc3c(N)nc(F)nc3n1CCC1CCCN(C(C)=O)C1)CCC2. The molecule has 0 bridgehead atoms. The van der Waals surface area contributed by atoms with Gasteiger partial charge in [-0.05, 0) is 67.2 Å². The highest BCUT2D eigenvalue weighted by molar-refractivity contribution is 5.82. The number of aryl methyl sites for hydroxylation is 3. The van der Waals surface area contributed by atoms with Crippen molar-refractivity contribution in [2.75, 3.05) is 18.8 Å². The van der Waals surface area contributed by atoms with E-state index in [2.05, 4.69) is 28.0 Å². The second-order valence-electron chi connectivity index (χ2n) is 9.44. The second kappa shape index (κ2) is 9.05. The number of carbonyl (C=O) groups is 1. The third kappa shape index (κ3) is 4.23. The topological polar surface area (TPSA) is 89.9 Å². The maximum atomic E-state index is 14.1. The number of terminal acetylenes is 1. The Kier molecular flexibility index (Phi) is 5.94. The van der Waals surface area contributed by atoms with Gasteiger partial charge in [-0.1, -0.05) is 12.0 Å². The summed E-state index contributed by atoms with van der Waals surface area (Å²) in [6, 6.07) is 4.32. The summed E-state index contributed by atoms with van der Waals surface area (Å²) in [5.74, 6) is 4.09. The molecule has 3 heterocycles. The molecule has 0 spiro atoms. The van der Waals surface area contributed by atoms with Crippen LogP contribution in [-0.4, -0.2) is 43.4 Å². The number of hydrogen-bond donors (Lipinski definition) is 1. The quantitative estimate of drug-likeness (QED) is 0.466. The predicted octanol–water partition coefficient (Wildman–Crippen LogP) is 3.26. The smallest absolute Gasteiger partial charge is 0.312 e. The minimum Gasteiger partial charge on any atom is -0.382 e. The van der Waals surface area contributed by atoms with Gasteiger partial charge < -0.3 is 15.2 Å². The van der Waals surface area contributed by atoms with Crippen LogP contribution >= 0.6 is 0 Å². The first-order chi connectivity index (χ1) is 16.4. The van der Waals surface area contributed by atoms with Crippen LogP contribution in [0.2, 0.25) is 0 Å². The third-order valence-electron chi connectivity index (χ3n) is 7.22. The number of rotatable bonds is 5. The molecule has 1 aliphatic heterocycles. The van der Waals surface area contributed by atoms with Crippen LogP contribution in [0.4, 0.5) is 10.2 Å². The van der Waals surface area contributed by atoms with E-state index in [0.29, 0.717) is 30.0 Å². The van der Waals surface area contributed by atoms with Gasteiger partial charge in [0.15, 0.2) is 17.0 Å². The lowest BCUT2D eigenvalue weighted by Crippen LogP contribution is -2.38. The lowest BCUT2D eigenvalue weighted by Gasteiger charge is -2.32. The van der Waals surface area contributed by atoms with E-state index in [4.69, 9.17) is 17.1 Å². The van der Waals surface area contributed by atoms with Crippen LogP contribution < -0.4 is 5.73 Å². The van der Waals surface area contributed by atoms with Crippen molar-refractivity contribution in [2.45, 2.75) is 58.4 Å². The van der Waals surface area contributed by atoms with Crippen LogP contribution in [0.5, 0.6) is 0 Å². The van der Waals surface area contributed by atoms with E-state index in [1.165, 1.54) is 11.1 Å². The number of fused-ring (bicyclic) bond motifs is 2. The van der Waals surface area contributed by atoms with Crippen molar-refractivity contribution >= 4 is 22.9 Å². The first-order valence-corrected chi connectivity index (χ1v) is 12.0. The van der Waals surface area contributed by atoms with E-state index in [-0.39, 0.29) is 11.7 Å². The molecule has 1 amide bonds. The molecule has 176 valence electrons. The van der Waals surface area contributed by atoms with E-state index in [9.17, 15) is 9.18 Å². The van der Waals surface area contributed by atoms with E-state index < -0.39 is 6.08 Å². The number of aromatic nitrogens is 4. The number of benzene rings is 1. The summed E-state index contributed by atoms with van der Waals surface area (Å²) in [7, 11) is 0. The Bertz CT molecular complexity index is 1310. The van der Waals surface area contributed by atoms with Crippen molar-refractivity contribution in [2.24, 2.45) is 5.92 Å². The van der Waals surface area contributed by atoms with Crippen molar-refractivity contribution < 1.29 is 9.18 Å². The number of imidazole rings is 1. The van der Waals surface area contributed by atoms with Crippen molar-refractivity contribution in [3.63, 3.8) is 0 Å². The molecule has 34 heavy (non-hydrogen) atoms. The molecule has 0 saturated carbocycles. The Morgan fingerprint density at radius 1 is 1.24 bits per heavy atom. The molecule has 1 unspecified atom stereocenters. The number of amides is 1. The molecule has 1 aliphatic carbocycles. The molecule has 2 N–H and O–H groups in total. The first-order valence-electron chi connectivity index (χ1n) is 12.0. The molecule has 7 nitrogen and oxygen atoms in total. The zero-order chi connectivity index (χ0) is 23.8. The fourth-order valence-electron chi connectivity index (χ4n) is 5.43. The van der Waals surface area contributed by atoms with Gasteiger partial charge in [0.2, 0.25) is 5.91 Å². The Labute approximate surface area is 198 Å². The molecule has 1 saturated heterocycles. The Hall–Kier alpha value is -3.47. The summed E-state index contributed by atoms with van der Waals surface area (Å²) in [6.45, 7) is 3.78. The molecule has 0 radical (unpaired) electrons. The number of nitrogens with two attached hydrogens (primary N) is 1. The Morgan fingerprint density at radius 2 is 2.03 bits per heavy atom. The maximum Gasteiger partial charge on any atom is 0.312 e. The highest BCUT2D eigenvalue weighted by Gasteiger charge is 2.24. The number of piperidine rings is 1.